The van der Waals surface area contributed by atoms with Gasteiger partial charge in [-0.3, -0.25) is 14.4 Å². The van der Waals surface area contributed by atoms with Crippen LogP contribution in [0.5, 0.6) is 0 Å². The number of nitrogens with one attached hydrogen (secondary N) is 2. The fourth-order valence-corrected chi connectivity index (χ4v) is 2.55. The number of amides is 3. The summed E-state index contributed by atoms with van der Waals surface area (Å²) >= 11 is 0. The Labute approximate surface area is 118 Å². The lowest BCUT2D eigenvalue weighted by molar-refractivity contribution is -0.143. The Bertz CT molecular complexity index is 383. The molecule has 1 atom stereocenters. The predicted octanol–water partition coefficient (Wildman–Crippen LogP) is -1.60. The summed E-state index contributed by atoms with van der Waals surface area (Å²) < 4.78 is 0. The first-order valence-corrected chi connectivity index (χ1v) is 7.08. The van der Waals surface area contributed by atoms with Crippen LogP contribution < -0.4 is 10.6 Å². The molecule has 2 aliphatic rings. The number of piperazine rings is 1. The molecule has 112 valence electrons. The van der Waals surface area contributed by atoms with Crippen molar-refractivity contribution >= 4 is 17.7 Å². The van der Waals surface area contributed by atoms with Gasteiger partial charge in [-0.1, -0.05) is 0 Å². The Morgan fingerprint density at radius 1 is 1.35 bits per heavy atom. The van der Waals surface area contributed by atoms with Gasteiger partial charge in [0.2, 0.25) is 17.7 Å². The molecule has 3 amide bonds. The van der Waals surface area contributed by atoms with Crippen LogP contribution in [0.3, 0.4) is 0 Å². The first kappa shape index (κ1) is 14.8. The van der Waals surface area contributed by atoms with Crippen molar-refractivity contribution in [2.45, 2.75) is 12.8 Å². The highest BCUT2D eigenvalue weighted by Gasteiger charge is 2.28. The number of hydrogen-bond donors (Lipinski definition) is 2. The van der Waals surface area contributed by atoms with E-state index in [-0.39, 0.29) is 30.2 Å². The lowest BCUT2D eigenvalue weighted by Crippen LogP contribution is -2.51. The summed E-state index contributed by atoms with van der Waals surface area (Å²) in [7, 11) is 1.65. The van der Waals surface area contributed by atoms with Crippen molar-refractivity contribution < 1.29 is 14.4 Å². The molecule has 0 aromatic carbocycles. The van der Waals surface area contributed by atoms with Gasteiger partial charge < -0.3 is 20.4 Å². The van der Waals surface area contributed by atoms with Crippen LogP contribution in [0.4, 0.5) is 0 Å². The van der Waals surface area contributed by atoms with E-state index in [1.54, 1.807) is 11.9 Å². The topological polar surface area (TPSA) is 81.8 Å². The first-order chi connectivity index (χ1) is 9.58. The third-order valence-corrected chi connectivity index (χ3v) is 3.83. The molecule has 2 heterocycles. The Morgan fingerprint density at radius 2 is 2.05 bits per heavy atom. The van der Waals surface area contributed by atoms with Gasteiger partial charge in [0.05, 0.1) is 12.5 Å². The Hall–Kier alpha value is -1.63. The van der Waals surface area contributed by atoms with Crippen LogP contribution in [0.1, 0.15) is 12.8 Å². The van der Waals surface area contributed by atoms with Crippen LogP contribution in [0.25, 0.3) is 0 Å². The summed E-state index contributed by atoms with van der Waals surface area (Å²) in [4.78, 5) is 38.6. The zero-order chi connectivity index (χ0) is 14.5. The van der Waals surface area contributed by atoms with Gasteiger partial charge in [0.25, 0.3) is 0 Å². The lowest BCUT2D eigenvalue weighted by Gasteiger charge is -2.31. The minimum atomic E-state index is -0.200. The zero-order valence-corrected chi connectivity index (χ0v) is 11.9. The average Bonchev–Trinajstić information content (AvgIpc) is 2.48. The van der Waals surface area contributed by atoms with Crippen LogP contribution in [0.2, 0.25) is 0 Å². The number of carbonyl (C=O) groups excluding carboxylic acids is 3. The highest BCUT2D eigenvalue weighted by atomic mass is 16.2. The second-order valence-corrected chi connectivity index (χ2v) is 5.36. The molecule has 20 heavy (non-hydrogen) atoms. The minimum Gasteiger partial charge on any atom is -0.355 e. The van der Waals surface area contributed by atoms with Crippen LogP contribution in [-0.2, 0) is 14.4 Å². The summed E-state index contributed by atoms with van der Waals surface area (Å²) in [5.41, 5.74) is 0. The van der Waals surface area contributed by atoms with Crippen molar-refractivity contribution in [1.82, 2.24) is 20.4 Å². The average molecular weight is 282 g/mol. The Morgan fingerprint density at radius 3 is 2.65 bits per heavy atom. The van der Waals surface area contributed by atoms with E-state index in [2.05, 4.69) is 10.6 Å². The van der Waals surface area contributed by atoms with Crippen molar-refractivity contribution in [2.24, 2.45) is 5.92 Å². The smallest absolute Gasteiger partial charge is 0.242 e. The highest BCUT2D eigenvalue weighted by molar-refractivity contribution is 5.87. The molecular formula is C13H22N4O3. The van der Waals surface area contributed by atoms with Gasteiger partial charge in [0, 0.05) is 46.2 Å². The number of piperidine rings is 1. The fourth-order valence-electron chi connectivity index (χ4n) is 2.55. The van der Waals surface area contributed by atoms with Crippen molar-refractivity contribution in [3.63, 3.8) is 0 Å². The van der Waals surface area contributed by atoms with E-state index in [9.17, 15) is 14.4 Å². The molecule has 0 bridgehead atoms. The van der Waals surface area contributed by atoms with E-state index in [1.165, 1.54) is 4.90 Å². The predicted molar refractivity (Wildman–Crippen MR) is 72.8 cm³/mol. The second kappa shape index (κ2) is 6.69. The largest absolute Gasteiger partial charge is 0.355 e. The lowest BCUT2D eigenvalue weighted by atomic mass is 9.98. The van der Waals surface area contributed by atoms with Crippen LogP contribution >= 0.6 is 0 Å². The molecular weight excluding hydrogens is 260 g/mol. The molecule has 2 N–H and O–H groups in total. The SMILES string of the molecule is CN(CC(=O)N1CCNCC1)C(=O)C1CCC(=O)NC1. The molecule has 2 rings (SSSR count). The molecule has 7 nitrogen and oxygen atoms in total. The Balaban J connectivity index is 1.81. The van der Waals surface area contributed by atoms with Gasteiger partial charge in [-0.05, 0) is 6.42 Å². The molecule has 0 radical (unpaired) electrons. The van der Waals surface area contributed by atoms with Gasteiger partial charge in [0.1, 0.15) is 0 Å². The molecule has 2 aliphatic heterocycles. The van der Waals surface area contributed by atoms with Gasteiger partial charge in [0.15, 0.2) is 0 Å². The normalized spacial score (nSPS) is 23.1. The number of carbonyl (C=O) groups is 3. The van der Waals surface area contributed by atoms with Crippen LogP contribution in [0, 0.1) is 5.92 Å². The summed E-state index contributed by atoms with van der Waals surface area (Å²) in [6.45, 7) is 3.49. The van der Waals surface area contributed by atoms with E-state index in [4.69, 9.17) is 0 Å². The Kier molecular flexibility index (Phi) is 4.94. The van der Waals surface area contributed by atoms with Gasteiger partial charge in [-0.25, -0.2) is 0 Å². The van der Waals surface area contributed by atoms with E-state index in [1.807, 2.05) is 0 Å². The van der Waals surface area contributed by atoms with Gasteiger partial charge >= 0.3 is 0 Å². The number of nitrogens with zero attached hydrogens (tertiary/aromatic N) is 2. The second-order valence-electron chi connectivity index (χ2n) is 5.36. The van der Waals surface area contributed by atoms with E-state index in [0.29, 0.717) is 32.5 Å². The third kappa shape index (κ3) is 3.69. The van der Waals surface area contributed by atoms with E-state index in [0.717, 1.165) is 13.1 Å². The summed E-state index contributed by atoms with van der Waals surface area (Å²) in [5, 5.41) is 5.88. The molecule has 0 aliphatic carbocycles. The monoisotopic (exact) mass is 282 g/mol. The van der Waals surface area contributed by atoms with Crippen LogP contribution in [-0.4, -0.2) is 73.8 Å². The molecule has 0 saturated carbocycles. The molecule has 2 saturated heterocycles. The molecule has 0 spiro atoms. The van der Waals surface area contributed by atoms with Crippen molar-refractivity contribution in [1.29, 1.82) is 0 Å². The highest BCUT2D eigenvalue weighted by Crippen LogP contribution is 2.13. The van der Waals surface area contributed by atoms with Crippen LogP contribution in [0.15, 0.2) is 0 Å². The molecule has 2 fully saturated rings. The number of likely N-dealkylation sites (N-methyl/N-ethyl adjacent to an activating group) is 1. The first-order valence-electron chi connectivity index (χ1n) is 7.08. The third-order valence-electron chi connectivity index (χ3n) is 3.83. The minimum absolute atomic E-state index is 0.00593. The van der Waals surface area contributed by atoms with E-state index < -0.39 is 0 Å². The zero-order valence-electron chi connectivity index (χ0n) is 11.9. The molecule has 1 unspecified atom stereocenters. The summed E-state index contributed by atoms with van der Waals surface area (Å²) in [6, 6.07) is 0. The van der Waals surface area contributed by atoms with Crippen molar-refractivity contribution in [3.8, 4) is 0 Å². The van der Waals surface area contributed by atoms with Crippen molar-refractivity contribution in [3.05, 3.63) is 0 Å². The quantitative estimate of drug-likeness (QED) is 0.653. The number of hydrogen-bond acceptors (Lipinski definition) is 4. The summed E-state index contributed by atoms with van der Waals surface area (Å²) in [6.07, 6.45) is 0.951. The number of rotatable bonds is 3. The molecule has 0 aromatic rings. The maximum atomic E-state index is 12.2. The van der Waals surface area contributed by atoms with Gasteiger partial charge in [-0.2, -0.15) is 0 Å². The maximum Gasteiger partial charge on any atom is 0.242 e. The fraction of sp³-hybridized carbons (Fsp3) is 0.769. The standard InChI is InChI=1S/C13H22N4O3/c1-16(9-12(19)17-6-4-14-5-7-17)13(20)10-2-3-11(18)15-8-10/h10,14H,2-9H2,1H3,(H,15,18). The summed E-state index contributed by atoms with van der Waals surface area (Å²) in [5.74, 6) is -0.280. The van der Waals surface area contributed by atoms with Gasteiger partial charge in [-0.15, -0.1) is 0 Å². The van der Waals surface area contributed by atoms with E-state index >= 15 is 0 Å². The van der Waals surface area contributed by atoms with Crippen molar-refractivity contribution in [2.75, 3.05) is 46.3 Å². The molecule has 0 aromatic heterocycles. The maximum absolute atomic E-state index is 12.2. The molecule has 7 heteroatoms.